The summed E-state index contributed by atoms with van der Waals surface area (Å²) < 4.78 is 23.7. The summed E-state index contributed by atoms with van der Waals surface area (Å²) in [6.45, 7) is 2.16. The maximum Gasteiger partial charge on any atom is 0.287 e. The molecule has 0 aliphatic heterocycles. The van der Waals surface area contributed by atoms with Crippen LogP contribution in [0.4, 0.5) is 0 Å². The summed E-state index contributed by atoms with van der Waals surface area (Å²) >= 11 is 6.04. The normalized spacial score (nSPS) is 24.1. The van der Waals surface area contributed by atoms with Crippen molar-refractivity contribution in [1.29, 1.82) is 0 Å². The van der Waals surface area contributed by atoms with Crippen molar-refractivity contribution in [3.05, 3.63) is 47.0 Å². The molecule has 31 heavy (non-hydrogen) atoms. The molecular formula is C23H25ClN2O4S. The number of halogens is 1. The molecule has 3 aromatic rings. The molecule has 5 rings (SSSR count). The predicted molar refractivity (Wildman–Crippen MR) is 119 cm³/mol. The summed E-state index contributed by atoms with van der Waals surface area (Å²) in [6.07, 6.45) is 5.69. The standard InChI is InChI=1S/C23H25ClN2O4S/c1-2-23(12-20-26-17-9-15(24)5-6-18(17)29-20)10-16(11-23)25-22(27)19-7-8-21(30-19)31(28)13-14-3-4-14/h5-9,14,16H,2-4,10-13H2,1H3,(H,25,27)/t16?,23?,31-/m0/s1. The predicted octanol–water partition coefficient (Wildman–Crippen LogP) is 5.12. The first-order valence-electron chi connectivity index (χ1n) is 10.8. The van der Waals surface area contributed by atoms with E-state index in [4.69, 9.17) is 20.4 Å². The van der Waals surface area contributed by atoms with Gasteiger partial charge in [-0.25, -0.2) is 4.98 Å². The number of aromatic nitrogens is 1. The molecule has 164 valence electrons. The van der Waals surface area contributed by atoms with Crippen LogP contribution in [0.5, 0.6) is 0 Å². The quantitative estimate of drug-likeness (QED) is 0.504. The Kier molecular flexibility index (Phi) is 5.42. The van der Waals surface area contributed by atoms with Crippen LogP contribution in [-0.2, 0) is 17.2 Å². The Morgan fingerprint density at radius 2 is 2.06 bits per heavy atom. The number of nitrogens with zero attached hydrogens (tertiary/aromatic N) is 1. The number of hydrogen-bond donors (Lipinski definition) is 1. The van der Waals surface area contributed by atoms with Crippen molar-refractivity contribution >= 4 is 39.4 Å². The molecule has 0 spiro atoms. The summed E-state index contributed by atoms with van der Waals surface area (Å²) in [4.78, 5) is 17.2. The lowest BCUT2D eigenvalue weighted by molar-refractivity contribution is 0.0575. The molecular weight excluding hydrogens is 436 g/mol. The van der Waals surface area contributed by atoms with E-state index in [1.165, 1.54) is 0 Å². The summed E-state index contributed by atoms with van der Waals surface area (Å²) in [5.74, 6) is 1.85. The van der Waals surface area contributed by atoms with Crippen molar-refractivity contribution < 1.29 is 17.8 Å². The second kappa shape index (κ2) is 8.10. The second-order valence-electron chi connectivity index (χ2n) is 8.90. The van der Waals surface area contributed by atoms with Crippen molar-refractivity contribution in [2.75, 3.05) is 5.75 Å². The number of rotatable bonds is 8. The average molecular weight is 461 g/mol. The Hall–Kier alpha value is -2.12. The molecule has 0 radical (unpaired) electrons. The summed E-state index contributed by atoms with van der Waals surface area (Å²) in [5.41, 5.74) is 1.57. The second-order valence-corrected chi connectivity index (χ2v) is 10.8. The number of nitrogens with one attached hydrogen (secondary N) is 1. The summed E-state index contributed by atoms with van der Waals surface area (Å²) in [5, 5.41) is 4.08. The fraction of sp³-hybridized carbons (Fsp3) is 0.478. The van der Waals surface area contributed by atoms with E-state index < -0.39 is 10.8 Å². The maximum atomic E-state index is 12.6. The third-order valence-corrected chi connectivity index (χ3v) is 8.16. The van der Waals surface area contributed by atoms with Gasteiger partial charge in [0.1, 0.15) is 5.52 Å². The molecule has 1 amide bonds. The van der Waals surface area contributed by atoms with Crippen molar-refractivity contribution in [2.45, 2.75) is 56.6 Å². The lowest BCUT2D eigenvalue weighted by atomic mass is 9.62. The summed E-state index contributed by atoms with van der Waals surface area (Å²) in [6, 6.07) is 8.80. The van der Waals surface area contributed by atoms with E-state index in [0.29, 0.717) is 27.7 Å². The van der Waals surface area contributed by atoms with Gasteiger partial charge in [-0.3, -0.25) is 9.00 Å². The van der Waals surface area contributed by atoms with Crippen LogP contribution in [0.25, 0.3) is 11.1 Å². The fourth-order valence-corrected chi connectivity index (χ4v) is 5.89. The molecule has 1 aromatic carbocycles. The van der Waals surface area contributed by atoms with E-state index in [2.05, 4.69) is 17.2 Å². The smallest absolute Gasteiger partial charge is 0.287 e. The van der Waals surface area contributed by atoms with Gasteiger partial charge >= 0.3 is 0 Å². The van der Waals surface area contributed by atoms with Crippen molar-refractivity contribution in [3.63, 3.8) is 0 Å². The number of hydrogen-bond acceptors (Lipinski definition) is 5. The highest BCUT2D eigenvalue weighted by Gasteiger charge is 2.44. The van der Waals surface area contributed by atoms with Crippen molar-refractivity contribution in [3.8, 4) is 0 Å². The molecule has 2 fully saturated rings. The minimum Gasteiger partial charge on any atom is -0.442 e. The van der Waals surface area contributed by atoms with Gasteiger partial charge in [-0.05, 0) is 73.8 Å². The number of furan rings is 1. The largest absolute Gasteiger partial charge is 0.442 e. The molecule has 2 aliphatic rings. The molecule has 8 heteroatoms. The lowest BCUT2D eigenvalue weighted by Gasteiger charge is -2.47. The fourth-order valence-electron chi connectivity index (χ4n) is 4.39. The highest BCUT2D eigenvalue weighted by Crippen LogP contribution is 2.47. The summed E-state index contributed by atoms with van der Waals surface area (Å²) in [7, 11) is -1.16. The Morgan fingerprint density at radius 1 is 1.26 bits per heavy atom. The van der Waals surface area contributed by atoms with Crippen molar-refractivity contribution in [2.24, 2.45) is 11.3 Å². The number of carbonyl (C=O) groups is 1. The number of carbonyl (C=O) groups excluding carboxylic acids is 1. The molecule has 2 aliphatic carbocycles. The first-order valence-corrected chi connectivity index (χ1v) is 12.5. The first kappa shape index (κ1) is 20.8. The highest BCUT2D eigenvalue weighted by molar-refractivity contribution is 7.84. The number of fused-ring (bicyclic) bond motifs is 1. The van der Waals surface area contributed by atoms with E-state index in [1.54, 1.807) is 18.2 Å². The van der Waals surface area contributed by atoms with Gasteiger partial charge in [0, 0.05) is 23.2 Å². The molecule has 6 nitrogen and oxygen atoms in total. The van der Waals surface area contributed by atoms with E-state index >= 15 is 0 Å². The lowest BCUT2D eigenvalue weighted by Crippen LogP contribution is -2.51. The molecule has 0 bridgehead atoms. The third kappa shape index (κ3) is 4.44. The zero-order chi connectivity index (χ0) is 21.6. The van der Waals surface area contributed by atoms with Gasteiger partial charge < -0.3 is 14.2 Å². The maximum absolute atomic E-state index is 12.6. The van der Waals surface area contributed by atoms with Gasteiger partial charge in [0.05, 0.1) is 10.8 Å². The zero-order valence-electron chi connectivity index (χ0n) is 17.4. The topological polar surface area (TPSA) is 85.3 Å². The van der Waals surface area contributed by atoms with Gasteiger partial charge in [-0.1, -0.05) is 18.5 Å². The monoisotopic (exact) mass is 460 g/mol. The van der Waals surface area contributed by atoms with Crippen LogP contribution in [-0.4, -0.2) is 26.9 Å². The van der Waals surface area contributed by atoms with E-state index in [9.17, 15) is 9.00 Å². The minimum absolute atomic E-state index is 0.0582. The van der Waals surface area contributed by atoms with Crippen LogP contribution in [0.3, 0.4) is 0 Å². The zero-order valence-corrected chi connectivity index (χ0v) is 18.9. The van der Waals surface area contributed by atoms with Crippen LogP contribution >= 0.6 is 11.6 Å². The Morgan fingerprint density at radius 3 is 2.81 bits per heavy atom. The number of oxazole rings is 1. The minimum atomic E-state index is -1.16. The third-order valence-electron chi connectivity index (χ3n) is 6.48. The molecule has 2 aromatic heterocycles. The Labute approximate surface area is 188 Å². The highest BCUT2D eigenvalue weighted by atomic mass is 35.5. The molecule has 0 unspecified atom stereocenters. The van der Waals surface area contributed by atoms with Crippen LogP contribution < -0.4 is 5.32 Å². The van der Waals surface area contributed by atoms with Gasteiger partial charge in [-0.15, -0.1) is 0 Å². The molecule has 2 heterocycles. The van der Waals surface area contributed by atoms with Crippen LogP contribution in [0.15, 0.2) is 44.3 Å². The van der Waals surface area contributed by atoms with E-state index in [1.807, 2.05) is 12.1 Å². The van der Waals surface area contributed by atoms with E-state index in [-0.39, 0.29) is 23.1 Å². The van der Waals surface area contributed by atoms with Crippen LogP contribution in [0.1, 0.15) is 55.5 Å². The average Bonchev–Trinajstić information content (AvgIpc) is 3.24. The molecule has 2 saturated carbocycles. The number of amides is 1. The van der Waals surface area contributed by atoms with Gasteiger partial charge in [0.25, 0.3) is 5.91 Å². The van der Waals surface area contributed by atoms with Crippen LogP contribution in [0, 0.1) is 11.3 Å². The molecule has 0 saturated heterocycles. The van der Waals surface area contributed by atoms with Gasteiger partial charge in [0.15, 0.2) is 22.3 Å². The van der Waals surface area contributed by atoms with Crippen LogP contribution in [0.2, 0.25) is 5.02 Å². The first-order chi connectivity index (χ1) is 14.9. The Bertz CT molecular complexity index is 1140. The molecule has 1 atom stereocenters. The van der Waals surface area contributed by atoms with Gasteiger partial charge in [0.2, 0.25) is 0 Å². The SMILES string of the molecule is CCC1(Cc2nc3cc(Cl)ccc3o2)CC(NC(=O)c2ccc([S@@](=O)CC3CC3)o2)C1. The molecule has 1 N–H and O–H groups in total. The van der Waals surface area contributed by atoms with Gasteiger partial charge in [-0.2, -0.15) is 0 Å². The Balaban J connectivity index is 1.18. The van der Waals surface area contributed by atoms with Crippen molar-refractivity contribution in [1.82, 2.24) is 10.3 Å². The van der Waals surface area contributed by atoms with E-state index in [0.717, 1.165) is 49.6 Å². The number of benzene rings is 1.